The van der Waals surface area contributed by atoms with E-state index < -0.39 is 8.32 Å². The van der Waals surface area contributed by atoms with Gasteiger partial charge in [-0.1, -0.05) is 77.9 Å². The molecule has 184 valence electrons. The van der Waals surface area contributed by atoms with E-state index in [9.17, 15) is 5.26 Å². The van der Waals surface area contributed by atoms with Gasteiger partial charge in [-0.3, -0.25) is 0 Å². The standard InChI is InChI=1S/C29H41NO3Si/c1-21(2)34(22(3)4,23(5)6)32-20-25-12-16-27(17-13-25)29(33-28-9-7-8-18-31-28)26-14-10-24(19-30)11-15-26/h10-17,21-23,28-29H,7-9,18,20H2,1-6H3. The van der Waals surface area contributed by atoms with Crippen LogP contribution < -0.4 is 0 Å². The van der Waals surface area contributed by atoms with E-state index in [0.29, 0.717) is 28.8 Å². The Bertz CT molecular complexity index is 904. The summed E-state index contributed by atoms with van der Waals surface area (Å²) in [6.07, 6.45) is 2.68. The summed E-state index contributed by atoms with van der Waals surface area (Å²) in [6.45, 7) is 15.3. The molecule has 1 fully saturated rings. The summed E-state index contributed by atoms with van der Waals surface area (Å²) >= 11 is 0. The Morgan fingerprint density at radius 2 is 1.44 bits per heavy atom. The van der Waals surface area contributed by atoms with Crippen LogP contribution in [0.4, 0.5) is 0 Å². The zero-order valence-electron chi connectivity index (χ0n) is 21.7. The van der Waals surface area contributed by atoms with Gasteiger partial charge < -0.3 is 13.9 Å². The van der Waals surface area contributed by atoms with Crippen molar-refractivity contribution in [1.29, 1.82) is 5.26 Å². The molecule has 5 heteroatoms. The summed E-state index contributed by atoms with van der Waals surface area (Å²) in [5.41, 5.74) is 5.65. The minimum absolute atomic E-state index is 0.202. The van der Waals surface area contributed by atoms with Gasteiger partial charge in [0.1, 0.15) is 6.10 Å². The summed E-state index contributed by atoms with van der Waals surface area (Å²) in [6, 6.07) is 18.5. The molecule has 0 spiro atoms. The van der Waals surface area contributed by atoms with Crippen LogP contribution in [0.5, 0.6) is 0 Å². The molecule has 1 heterocycles. The van der Waals surface area contributed by atoms with Crippen molar-refractivity contribution < 1.29 is 13.9 Å². The van der Waals surface area contributed by atoms with Gasteiger partial charge in [0.2, 0.25) is 8.32 Å². The molecule has 2 aromatic rings. The lowest BCUT2D eigenvalue weighted by Crippen LogP contribution is -2.47. The molecule has 2 unspecified atom stereocenters. The number of nitriles is 1. The van der Waals surface area contributed by atoms with E-state index in [-0.39, 0.29) is 12.4 Å². The molecule has 0 aromatic heterocycles. The van der Waals surface area contributed by atoms with Gasteiger partial charge >= 0.3 is 0 Å². The molecule has 0 bridgehead atoms. The molecule has 0 radical (unpaired) electrons. The summed E-state index contributed by atoms with van der Waals surface area (Å²) < 4.78 is 19.1. The third-order valence-corrected chi connectivity index (χ3v) is 13.3. The lowest BCUT2D eigenvalue weighted by molar-refractivity contribution is -0.181. The van der Waals surface area contributed by atoms with E-state index in [1.807, 2.05) is 24.3 Å². The average Bonchev–Trinajstić information content (AvgIpc) is 2.83. The first kappa shape index (κ1) is 26.6. The number of benzene rings is 2. The lowest BCUT2D eigenvalue weighted by Gasteiger charge is -2.42. The Kier molecular flexibility index (Phi) is 9.50. The highest BCUT2D eigenvalue weighted by Crippen LogP contribution is 2.42. The lowest BCUT2D eigenvalue weighted by atomic mass is 9.99. The predicted molar refractivity (Wildman–Crippen MR) is 140 cm³/mol. The first-order valence-electron chi connectivity index (χ1n) is 12.8. The van der Waals surface area contributed by atoms with Gasteiger partial charge in [-0.25, -0.2) is 0 Å². The van der Waals surface area contributed by atoms with Crippen LogP contribution in [0.25, 0.3) is 0 Å². The maximum absolute atomic E-state index is 9.18. The summed E-state index contributed by atoms with van der Waals surface area (Å²) in [7, 11) is -1.90. The van der Waals surface area contributed by atoms with Gasteiger partial charge in [-0.15, -0.1) is 0 Å². The van der Waals surface area contributed by atoms with Crippen LogP contribution in [0, 0.1) is 11.3 Å². The highest BCUT2D eigenvalue weighted by Gasteiger charge is 2.44. The zero-order chi connectivity index (χ0) is 24.7. The Morgan fingerprint density at radius 1 is 0.882 bits per heavy atom. The van der Waals surface area contributed by atoms with Gasteiger partial charge in [-0.05, 0) is 64.7 Å². The molecule has 1 aliphatic rings. The second-order valence-corrected chi connectivity index (χ2v) is 15.9. The molecule has 0 aliphatic carbocycles. The summed E-state index contributed by atoms with van der Waals surface area (Å²) in [5, 5.41) is 9.18. The zero-order valence-corrected chi connectivity index (χ0v) is 22.7. The first-order chi connectivity index (χ1) is 16.3. The minimum Gasteiger partial charge on any atom is -0.412 e. The monoisotopic (exact) mass is 479 g/mol. The van der Waals surface area contributed by atoms with Gasteiger partial charge in [0.25, 0.3) is 0 Å². The predicted octanol–water partition coefficient (Wildman–Crippen LogP) is 7.88. The number of nitrogens with zero attached hydrogens (tertiary/aromatic N) is 1. The van der Waals surface area contributed by atoms with Crippen LogP contribution in [-0.2, 0) is 20.5 Å². The third kappa shape index (κ3) is 6.17. The largest absolute Gasteiger partial charge is 0.412 e. The SMILES string of the molecule is CC(C)[Si](OCc1ccc(C(OC2CCCCO2)c2ccc(C#N)cc2)cc1)(C(C)C)C(C)C. The Balaban J connectivity index is 1.80. The van der Waals surface area contributed by atoms with E-state index in [1.54, 1.807) is 0 Å². The molecule has 1 saturated heterocycles. The van der Waals surface area contributed by atoms with E-state index in [1.165, 1.54) is 5.56 Å². The van der Waals surface area contributed by atoms with Crippen molar-refractivity contribution in [3.8, 4) is 6.07 Å². The second-order valence-electron chi connectivity index (χ2n) is 10.4. The normalized spacial score (nSPS) is 17.8. The number of rotatable bonds is 10. The Labute approximate surface area is 207 Å². The van der Waals surface area contributed by atoms with Crippen molar-refractivity contribution in [2.75, 3.05) is 6.61 Å². The smallest absolute Gasteiger partial charge is 0.200 e. The van der Waals surface area contributed by atoms with Gasteiger partial charge in [0.15, 0.2) is 6.29 Å². The fraction of sp³-hybridized carbons (Fsp3) is 0.552. The highest BCUT2D eigenvalue weighted by atomic mass is 28.4. The van der Waals surface area contributed by atoms with Crippen LogP contribution in [-0.4, -0.2) is 21.2 Å². The van der Waals surface area contributed by atoms with E-state index in [4.69, 9.17) is 13.9 Å². The van der Waals surface area contributed by atoms with Gasteiger partial charge in [0.05, 0.1) is 18.2 Å². The maximum Gasteiger partial charge on any atom is 0.200 e. The molecule has 2 aromatic carbocycles. The third-order valence-electron chi connectivity index (χ3n) is 7.25. The van der Waals surface area contributed by atoms with Gasteiger partial charge in [-0.2, -0.15) is 5.26 Å². The van der Waals surface area contributed by atoms with Crippen LogP contribution in [0.2, 0.25) is 16.6 Å². The van der Waals surface area contributed by atoms with Crippen LogP contribution in [0.1, 0.15) is 89.2 Å². The molecule has 2 atom stereocenters. The first-order valence-corrected chi connectivity index (χ1v) is 14.9. The van der Waals surface area contributed by atoms with Crippen molar-refractivity contribution in [1.82, 2.24) is 0 Å². The van der Waals surface area contributed by atoms with Crippen LogP contribution in [0.15, 0.2) is 48.5 Å². The summed E-state index contributed by atoms with van der Waals surface area (Å²) in [4.78, 5) is 0. The molecule has 34 heavy (non-hydrogen) atoms. The Morgan fingerprint density at radius 3 is 1.91 bits per heavy atom. The van der Waals surface area contributed by atoms with Crippen molar-refractivity contribution in [3.05, 3.63) is 70.8 Å². The molecular weight excluding hydrogens is 438 g/mol. The highest BCUT2D eigenvalue weighted by molar-refractivity contribution is 6.77. The fourth-order valence-electron chi connectivity index (χ4n) is 5.55. The molecule has 4 nitrogen and oxygen atoms in total. The minimum atomic E-state index is -1.90. The van der Waals surface area contributed by atoms with Crippen LogP contribution in [0.3, 0.4) is 0 Å². The van der Waals surface area contributed by atoms with E-state index in [2.05, 4.69) is 71.9 Å². The van der Waals surface area contributed by atoms with E-state index >= 15 is 0 Å². The number of hydrogen-bond donors (Lipinski definition) is 0. The van der Waals surface area contributed by atoms with Gasteiger partial charge in [0, 0.05) is 6.61 Å². The van der Waals surface area contributed by atoms with Crippen molar-refractivity contribution in [3.63, 3.8) is 0 Å². The van der Waals surface area contributed by atoms with Crippen molar-refractivity contribution in [2.45, 2.75) is 96.4 Å². The molecule has 3 rings (SSSR count). The Hall–Kier alpha value is -1.97. The molecular formula is C29H41NO3Si. The average molecular weight is 480 g/mol. The number of hydrogen-bond acceptors (Lipinski definition) is 4. The van der Waals surface area contributed by atoms with E-state index in [0.717, 1.165) is 37.0 Å². The topological polar surface area (TPSA) is 51.5 Å². The van der Waals surface area contributed by atoms with Crippen molar-refractivity contribution in [2.24, 2.45) is 0 Å². The fourth-order valence-corrected chi connectivity index (χ4v) is 11.0. The quantitative estimate of drug-likeness (QED) is 0.325. The molecule has 0 amide bonds. The second kappa shape index (κ2) is 12.1. The molecule has 0 N–H and O–H groups in total. The van der Waals surface area contributed by atoms with Crippen molar-refractivity contribution >= 4 is 8.32 Å². The summed E-state index contributed by atoms with van der Waals surface area (Å²) in [5.74, 6) is 0. The maximum atomic E-state index is 9.18. The molecule has 1 aliphatic heterocycles. The molecule has 0 saturated carbocycles. The van der Waals surface area contributed by atoms with Crippen LogP contribution >= 0.6 is 0 Å². The number of ether oxygens (including phenoxy) is 2.